The molecule has 3 aromatic rings. The molecular formula is C22H22F2N8O. The van der Waals surface area contributed by atoms with Crippen LogP contribution < -0.4 is 5.73 Å². The molecule has 2 aliphatic heterocycles. The summed E-state index contributed by atoms with van der Waals surface area (Å²) in [7, 11) is 0. The number of aldehydes is 1. The molecule has 2 aliphatic rings. The maximum Gasteiger partial charge on any atom is 0.190 e. The number of pyridine rings is 1. The third kappa shape index (κ3) is 3.89. The van der Waals surface area contributed by atoms with Crippen molar-refractivity contribution in [2.45, 2.75) is 25.3 Å². The Kier molecular flexibility index (Phi) is 5.65. The Bertz CT molecular complexity index is 1230. The van der Waals surface area contributed by atoms with E-state index in [0.717, 1.165) is 60.5 Å². The van der Waals surface area contributed by atoms with Crippen LogP contribution in [0.4, 0.5) is 14.6 Å². The highest BCUT2D eigenvalue weighted by Gasteiger charge is 2.30. The fraction of sp³-hybridized carbons (Fsp3) is 0.318. The quantitative estimate of drug-likeness (QED) is 0.588. The molecule has 0 unspecified atom stereocenters. The molecule has 11 heteroatoms. The number of nitrogen functional groups attached to an aromatic ring is 1. The van der Waals surface area contributed by atoms with E-state index >= 15 is 0 Å². The van der Waals surface area contributed by atoms with Crippen molar-refractivity contribution in [2.24, 2.45) is 0 Å². The lowest BCUT2D eigenvalue weighted by molar-refractivity contribution is -0.118. The second-order valence-corrected chi connectivity index (χ2v) is 8.04. The number of halogens is 2. The molecule has 5 rings (SSSR count). The lowest BCUT2D eigenvalue weighted by atomic mass is 9.99. The molecule has 0 amide bonds. The molecular weight excluding hydrogens is 430 g/mol. The van der Waals surface area contributed by atoms with Gasteiger partial charge in [0.25, 0.3) is 0 Å². The topological polar surface area (TPSA) is 106 Å². The average molecular weight is 452 g/mol. The number of hydrazine groups is 1. The van der Waals surface area contributed by atoms with Crippen molar-refractivity contribution in [1.82, 2.24) is 35.2 Å². The maximum absolute atomic E-state index is 14.4. The molecule has 33 heavy (non-hydrogen) atoms. The van der Waals surface area contributed by atoms with Gasteiger partial charge in [0.05, 0.1) is 11.6 Å². The normalized spacial score (nSPS) is 19.6. The summed E-state index contributed by atoms with van der Waals surface area (Å²) in [6, 6.07) is 5.55. The van der Waals surface area contributed by atoms with Crippen molar-refractivity contribution in [3.05, 3.63) is 53.7 Å². The molecule has 0 saturated carbocycles. The number of rotatable bonds is 5. The van der Waals surface area contributed by atoms with E-state index in [0.29, 0.717) is 12.1 Å². The van der Waals surface area contributed by atoms with Crippen LogP contribution in [0.3, 0.4) is 0 Å². The first kappa shape index (κ1) is 21.3. The number of nitrogens with zero attached hydrogens (tertiary/aromatic N) is 7. The SMILES string of the molecule is Nc1ncc(C2=CCN(N3CCC[C@H]3C=O)CC2)cc1-c1nnnn1-c1cccc(F)c1F. The fourth-order valence-corrected chi connectivity index (χ4v) is 4.42. The summed E-state index contributed by atoms with van der Waals surface area (Å²) in [5.74, 6) is -1.72. The van der Waals surface area contributed by atoms with E-state index in [1.165, 1.54) is 12.1 Å². The Morgan fingerprint density at radius 1 is 1.21 bits per heavy atom. The van der Waals surface area contributed by atoms with Gasteiger partial charge in [-0.15, -0.1) is 5.10 Å². The largest absolute Gasteiger partial charge is 0.383 e. The zero-order valence-electron chi connectivity index (χ0n) is 17.7. The second-order valence-electron chi connectivity index (χ2n) is 8.04. The Hall–Kier alpha value is -3.57. The van der Waals surface area contributed by atoms with Gasteiger partial charge < -0.3 is 10.5 Å². The van der Waals surface area contributed by atoms with Crippen LogP contribution in [-0.2, 0) is 4.79 Å². The summed E-state index contributed by atoms with van der Waals surface area (Å²) in [4.78, 5) is 15.6. The summed E-state index contributed by atoms with van der Waals surface area (Å²) in [6.07, 6.45) is 7.48. The van der Waals surface area contributed by atoms with Gasteiger partial charge in [0.15, 0.2) is 17.5 Å². The lowest BCUT2D eigenvalue weighted by Gasteiger charge is -2.36. The van der Waals surface area contributed by atoms with Gasteiger partial charge in [0.1, 0.15) is 17.8 Å². The molecule has 170 valence electrons. The van der Waals surface area contributed by atoms with Crippen LogP contribution in [0.1, 0.15) is 24.8 Å². The zero-order chi connectivity index (χ0) is 22.9. The molecule has 4 heterocycles. The molecule has 0 bridgehead atoms. The van der Waals surface area contributed by atoms with E-state index in [4.69, 9.17) is 5.73 Å². The lowest BCUT2D eigenvalue weighted by Crippen LogP contribution is -2.47. The summed E-state index contributed by atoms with van der Waals surface area (Å²) in [5.41, 5.74) is 8.33. The third-order valence-electron chi connectivity index (χ3n) is 6.14. The molecule has 2 N–H and O–H groups in total. The van der Waals surface area contributed by atoms with Gasteiger partial charge in [-0.3, -0.25) is 0 Å². The number of nitrogens with two attached hydrogens (primary N) is 1. The Labute approximate surface area is 188 Å². The minimum atomic E-state index is -1.06. The third-order valence-corrected chi connectivity index (χ3v) is 6.14. The highest BCUT2D eigenvalue weighted by atomic mass is 19.2. The minimum absolute atomic E-state index is 0.0492. The number of anilines is 1. The van der Waals surface area contributed by atoms with Crippen LogP contribution in [-0.4, -0.2) is 67.2 Å². The number of hydrogen-bond acceptors (Lipinski definition) is 8. The fourth-order valence-electron chi connectivity index (χ4n) is 4.42. The van der Waals surface area contributed by atoms with Crippen LogP contribution in [0.5, 0.6) is 0 Å². The van der Waals surface area contributed by atoms with Crippen molar-refractivity contribution >= 4 is 17.7 Å². The van der Waals surface area contributed by atoms with E-state index in [2.05, 4.69) is 36.6 Å². The number of carbonyl (C=O) groups is 1. The smallest absolute Gasteiger partial charge is 0.190 e. The molecule has 9 nitrogen and oxygen atoms in total. The Balaban J connectivity index is 1.44. The average Bonchev–Trinajstić information content (AvgIpc) is 3.51. The van der Waals surface area contributed by atoms with Gasteiger partial charge in [-0.25, -0.2) is 23.8 Å². The number of aromatic nitrogens is 5. The zero-order valence-corrected chi connectivity index (χ0v) is 17.7. The molecule has 2 aromatic heterocycles. The van der Waals surface area contributed by atoms with Crippen molar-refractivity contribution in [2.75, 3.05) is 25.4 Å². The van der Waals surface area contributed by atoms with Crippen LogP contribution >= 0.6 is 0 Å². The molecule has 1 atom stereocenters. The van der Waals surface area contributed by atoms with Gasteiger partial charge in [-0.2, -0.15) is 4.68 Å². The molecule has 0 spiro atoms. The van der Waals surface area contributed by atoms with E-state index in [-0.39, 0.29) is 23.4 Å². The van der Waals surface area contributed by atoms with Gasteiger partial charge >= 0.3 is 0 Å². The Morgan fingerprint density at radius 2 is 2.09 bits per heavy atom. The molecule has 0 aliphatic carbocycles. The van der Waals surface area contributed by atoms with Gasteiger partial charge in [-0.05, 0) is 59.0 Å². The molecule has 0 radical (unpaired) electrons. The van der Waals surface area contributed by atoms with Crippen LogP contribution in [0, 0.1) is 11.6 Å². The highest BCUT2D eigenvalue weighted by molar-refractivity contribution is 5.76. The van der Waals surface area contributed by atoms with E-state index < -0.39 is 11.6 Å². The minimum Gasteiger partial charge on any atom is -0.383 e. The van der Waals surface area contributed by atoms with Crippen LogP contribution in [0.25, 0.3) is 22.6 Å². The van der Waals surface area contributed by atoms with Crippen molar-refractivity contribution in [1.29, 1.82) is 0 Å². The summed E-state index contributed by atoms with van der Waals surface area (Å²) < 4.78 is 29.2. The van der Waals surface area contributed by atoms with Gasteiger partial charge in [0.2, 0.25) is 0 Å². The van der Waals surface area contributed by atoms with Crippen molar-refractivity contribution in [3.8, 4) is 17.1 Å². The molecule has 1 aromatic carbocycles. The number of benzene rings is 1. The standard InChI is InChI=1S/C22H22F2N8O/c23-18-4-1-5-19(20(18)24)32-22(27-28-29-32)17-11-15(12-26-21(17)25)14-6-9-30(10-7-14)31-8-2-3-16(31)13-33/h1,4-6,11-13,16H,2-3,7-10H2,(H2,25,26)/t16-/m0/s1. The maximum atomic E-state index is 14.4. The first-order chi connectivity index (χ1) is 16.1. The van der Waals surface area contributed by atoms with Crippen molar-refractivity contribution in [3.63, 3.8) is 0 Å². The van der Waals surface area contributed by atoms with Gasteiger partial charge in [0, 0.05) is 25.8 Å². The predicted molar refractivity (Wildman–Crippen MR) is 117 cm³/mol. The van der Waals surface area contributed by atoms with E-state index in [1.807, 2.05) is 6.07 Å². The first-order valence-electron chi connectivity index (χ1n) is 10.7. The van der Waals surface area contributed by atoms with Crippen LogP contribution in [0.2, 0.25) is 0 Å². The van der Waals surface area contributed by atoms with Crippen molar-refractivity contribution < 1.29 is 13.6 Å². The van der Waals surface area contributed by atoms with E-state index in [9.17, 15) is 13.6 Å². The Morgan fingerprint density at radius 3 is 2.88 bits per heavy atom. The summed E-state index contributed by atoms with van der Waals surface area (Å²) >= 11 is 0. The predicted octanol–water partition coefficient (Wildman–Crippen LogP) is 2.25. The number of carbonyl (C=O) groups excluding carboxylic acids is 1. The monoisotopic (exact) mass is 452 g/mol. The van der Waals surface area contributed by atoms with Crippen LogP contribution in [0.15, 0.2) is 36.5 Å². The summed E-state index contributed by atoms with van der Waals surface area (Å²) in [6.45, 7) is 2.35. The van der Waals surface area contributed by atoms with Gasteiger partial charge in [-0.1, -0.05) is 12.1 Å². The number of tetrazole rings is 1. The first-order valence-corrected chi connectivity index (χ1v) is 10.7. The molecule has 1 fully saturated rings. The second kappa shape index (κ2) is 8.75. The number of hydrogen-bond donors (Lipinski definition) is 1. The summed E-state index contributed by atoms with van der Waals surface area (Å²) in [5, 5.41) is 15.8. The van der Waals surface area contributed by atoms with E-state index in [1.54, 1.807) is 6.20 Å². The molecule has 1 saturated heterocycles. The highest BCUT2D eigenvalue weighted by Crippen LogP contribution is 2.31.